The Balaban J connectivity index is 2.07. The molecule has 1 atom stereocenters. The predicted octanol–water partition coefficient (Wildman–Crippen LogP) is 3.60. The predicted molar refractivity (Wildman–Crippen MR) is 86.1 cm³/mol. The molecule has 0 bridgehead atoms. The van der Waals surface area contributed by atoms with Gasteiger partial charge in [-0.3, -0.25) is 4.79 Å². The molecule has 2 rings (SSSR count). The molecule has 22 heavy (non-hydrogen) atoms. The van der Waals surface area contributed by atoms with Crippen LogP contribution in [0, 0.1) is 13.8 Å². The highest BCUT2D eigenvalue weighted by molar-refractivity contribution is 5.91. The minimum Gasteiger partial charge on any atom is -0.444 e. The number of Topliss-reactive ketones (excluding diaryl/α,β-unsaturated/α-hetero) is 1. The summed E-state index contributed by atoms with van der Waals surface area (Å²) < 4.78 is 5.34. The third-order valence-electron chi connectivity index (χ3n) is 3.72. The molecule has 1 aliphatic heterocycles. The summed E-state index contributed by atoms with van der Waals surface area (Å²) in [6.07, 6.45) is 0.251. The van der Waals surface area contributed by atoms with Crippen molar-refractivity contribution in [3.8, 4) is 0 Å². The third-order valence-corrected chi connectivity index (χ3v) is 3.72. The summed E-state index contributed by atoms with van der Waals surface area (Å²) in [7, 11) is 0. The Morgan fingerprint density at radius 2 is 1.77 bits per heavy atom. The number of rotatable bonds is 1. The number of likely N-dealkylation sites (tertiary alicyclic amines) is 1. The van der Waals surface area contributed by atoms with E-state index in [0.29, 0.717) is 13.0 Å². The van der Waals surface area contributed by atoms with Crippen LogP contribution in [0.25, 0.3) is 0 Å². The molecule has 0 unspecified atom stereocenters. The Labute approximate surface area is 132 Å². The molecular formula is C18H25NO3. The van der Waals surface area contributed by atoms with Crippen LogP contribution >= 0.6 is 0 Å². The largest absolute Gasteiger partial charge is 0.444 e. The fourth-order valence-corrected chi connectivity index (χ4v) is 2.87. The Morgan fingerprint density at radius 3 is 2.27 bits per heavy atom. The molecule has 1 aliphatic rings. The van der Waals surface area contributed by atoms with E-state index in [1.54, 1.807) is 0 Å². The van der Waals surface area contributed by atoms with Crippen molar-refractivity contribution >= 4 is 11.9 Å². The average molecular weight is 303 g/mol. The minimum atomic E-state index is -0.537. The van der Waals surface area contributed by atoms with Gasteiger partial charge in [0.15, 0.2) is 5.78 Å². The molecule has 1 fully saturated rings. The van der Waals surface area contributed by atoms with E-state index in [-0.39, 0.29) is 18.2 Å². The van der Waals surface area contributed by atoms with E-state index >= 15 is 0 Å². The van der Waals surface area contributed by atoms with E-state index in [4.69, 9.17) is 4.74 Å². The zero-order valence-corrected chi connectivity index (χ0v) is 14.1. The van der Waals surface area contributed by atoms with Gasteiger partial charge < -0.3 is 9.64 Å². The van der Waals surface area contributed by atoms with Gasteiger partial charge in [0.2, 0.25) is 0 Å². The second kappa shape index (κ2) is 6.11. The molecular weight excluding hydrogens is 278 g/mol. The first kappa shape index (κ1) is 16.5. The molecule has 0 aliphatic carbocycles. The molecule has 1 saturated heterocycles. The number of amides is 1. The smallest absolute Gasteiger partial charge is 0.410 e. The van der Waals surface area contributed by atoms with Crippen molar-refractivity contribution in [2.75, 3.05) is 13.1 Å². The maximum absolute atomic E-state index is 12.4. The van der Waals surface area contributed by atoms with Crippen molar-refractivity contribution in [3.05, 3.63) is 34.9 Å². The minimum absolute atomic E-state index is 0.0853. The third kappa shape index (κ3) is 4.09. The number of nitrogens with zero attached hydrogens (tertiary/aromatic N) is 1. The summed E-state index contributed by atoms with van der Waals surface area (Å²) in [5.74, 6) is -0.0283. The van der Waals surface area contributed by atoms with Crippen molar-refractivity contribution in [2.24, 2.45) is 0 Å². The number of benzene rings is 1. The first-order chi connectivity index (χ1) is 10.2. The molecule has 0 aromatic heterocycles. The van der Waals surface area contributed by atoms with Crippen molar-refractivity contribution in [2.45, 2.75) is 52.6 Å². The molecule has 0 spiro atoms. The summed E-state index contributed by atoms with van der Waals surface area (Å²) in [4.78, 5) is 26.0. The Bertz CT molecular complexity index is 566. The fourth-order valence-electron chi connectivity index (χ4n) is 2.87. The lowest BCUT2D eigenvalue weighted by atomic mass is 9.87. The average Bonchev–Trinajstić information content (AvgIpc) is 2.35. The molecule has 0 radical (unpaired) electrons. The molecule has 120 valence electrons. The van der Waals surface area contributed by atoms with Crippen LogP contribution in [0.2, 0.25) is 0 Å². The van der Waals surface area contributed by atoms with Crippen molar-refractivity contribution in [1.29, 1.82) is 0 Å². The summed E-state index contributed by atoms with van der Waals surface area (Å²) in [6.45, 7) is 10.2. The molecule has 1 heterocycles. The van der Waals surface area contributed by atoms with Gasteiger partial charge in [-0.1, -0.05) is 29.3 Å². The zero-order valence-electron chi connectivity index (χ0n) is 14.1. The molecule has 4 nitrogen and oxygen atoms in total. The van der Waals surface area contributed by atoms with Crippen LogP contribution in [0.4, 0.5) is 4.79 Å². The number of ether oxygens (including phenoxy) is 1. The van der Waals surface area contributed by atoms with Gasteiger partial charge in [-0.25, -0.2) is 4.79 Å². The van der Waals surface area contributed by atoms with Crippen LogP contribution in [0.15, 0.2) is 18.2 Å². The van der Waals surface area contributed by atoms with Crippen LogP contribution < -0.4 is 0 Å². The van der Waals surface area contributed by atoms with Crippen molar-refractivity contribution < 1.29 is 14.3 Å². The van der Waals surface area contributed by atoms with E-state index in [2.05, 4.69) is 18.2 Å². The van der Waals surface area contributed by atoms with Crippen LogP contribution in [0.5, 0.6) is 0 Å². The summed E-state index contributed by atoms with van der Waals surface area (Å²) in [5.41, 5.74) is 2.85. The second-order valence-electron chi connectivity index (χ2n) is 7.13. The number of piperidine rings is 1. The number of aryl methyl sites for hydroxylation is 2. The molecule has 1 aromatic carbocycles. The second-order valence-corrected chi connectivity index (χ2v) is 7.13. The number of ketones is 1. The standard InChI is InChI=1S/C18H25NO3/c1-12-8-13(2)10-14(9-12)15-6-7-19(11-16(15)20)17(21)22-18(3,4)5/h8-10,15H,6-7,11H2,1-5H3/t15-/m0/s1. The topological polar surface area (TPSA) is 46.6 Å². The number of carbonyl (C=O) groups excluding carboxylic acids is 2. The van der Waals surface area contributed by atoms with E-state index in [1.165, 1.54) is 4.90 Å². The Morgan fingerprint density at radius 1 is 1.18 bits per heavy atom. The van der Waals surface area contributed by atoms with Crippen LogP contribution in [-0.2, 0) is 9.53 Å². The monoisotopic (exact) mass is 303 g/mol. The van der Waals surface area contributed by atoms with Gasteiger partial charge in [-0.2, -0.15) is 0 Å². The fraction of sp³-hybridized carbons (Fsp3) is 0.556. The highest BCUT2D eigenvalue weighted by Crippen LogP contribution is 2.27. The summed E-state index contributed by atoms with van der Waals surface area (Å²) >= 11 is 0. The van der Waals surface area contributed by atoms with E-state index < -0.39 is 11.7 Å². The highest BCUT2D eigenvalue weighted by Gasteiger charge is 2.32. The maximum Gasteiger partial charge on any atom is 0.410 e. The molecule has 1 amide bonds. The van der Waals surface area contributed by atoms with Gasteiger partial charge in [0, 0.05) is 12.5 Å². The van der Waals surface area contributed by atoms with Gasteiger partial charge >= 0.3 is 6.09 Å². The molecule has 4 heteroatoms. The van der Waals surface area contributed by atoms with Gasteiger partial charge in [0.1, 0.15) is 5.60 Å². The first-order valence-electron chi connectivity index (χ1n) is 7.74. The van der Waals surface area contributed by atoms with Gasteiger partial charge in [0.25, 0.3) is 0 Å². The lowest BCUT2D eigenvalue weighted by molar-refractivity contribution is -0.123. The van der Waals surface area contributed by atoms with Crippen molar-refractivity contribution in [1.82, 2.24) is 4.90 Å². The lowest BCUT2D eigenvalue weighted by Crippen LogP contribution is -2.45. The van der Waals surface area contributed by atoms with E-state index in [0.717, 1.165) is 16.7 Å². The normalized spacial score (nSPS) is 19.2. The summed E-state index contributed by atoms with van der Waals surface area (Å²) in [6, 6.07) is 6.24. The first-order valence-corrected chi connectivity index (χ1v) is 7.74. The number of hydrogen-bond donors (Lipinski definition) is 0. The summed E-state index contributed by atoms with van der Waals surface area (Å²) in [5, 5.41) is 0. The molecule has 0 N–H and O–H groups in total. The lowest BCUT2D eigenvalue weighted by Gasteiger charge is -2.32. The van der Waals surface area contributed by atoms with E-state index in [1.807, 2.05) is 34.6 Å². The molecule has 1 aromatic rings. The van der Waals surface area contributed by atoms with E-state index in [9.17, 15) is 9.59 Å². The van der Waals surface area contributed by atoms with Gasteiger partial charge in [-0.05, 0) is 46.6 Å². The highest BCUT2D eigenvalue weighted by atomic mass is 16.6. The van der Waals surface area contributed by atoms with Gasteiger partial charge in [0.05, 0.1) is 6.54 Å². The van der Waals surface area contributed by atoms with Gasteiger partial charge in [-0.15, -0.1) is 0 Å². The van der Waals surface area contributed by atoms with Crippen LogP contribution in [0.1, 0.15) is 49.8 Å². The SMILES string of the molecule is Cc1cc(C)cc([C@@H]2CCN(C(=O)OC(C)(C)C)CC2=O)c1. The maximum atomic E-state index is 12.4. The van der Waals surface area contributed by atoms with Crippen LogP contribution in [-0.4, -0.2) is 35.5 Å². The Hall–Kier alpha value is -1.84. The molecule has 0 saturated carbocycles. The van der Waals surface area contributed by atoms with Crippen molar-refractivity contribution in [3.63, 3.8) is 0 Å². The number of hydrogen-bond acceptors (Lipinski definition) is 3. The zero-order chi connectivity index (χ0) is 16.5. The number of carbonyl (C=O) groups is 2. The Kier molecular flexibility index (Phi) is 4.59. The quantitative estimate of drug-likeness (QED) is 0.796. The van der Waals surface area contributed by atoms with Crippen LogP contribution in [0.3, 0.4) is 0 Å².